The molecule has 0 aliphatic heterocycles. The molecule has 4 aliphatic rings. The van der Waals surface area contributed by atoms with E-state index < -0.39 is 0 Å². The highest BCUT2D eigenvalue weighted by Gasteiger charge is 2.60. The number of hydrogen-bond acceptors (Lipinski definition) is 1. The highest BCUT2D eigenvalue weighted by molar-refractivity contribution is 5.75. The van der Waals surface area contributed by atoms with E-state index in [9.17, 15) is 4.79 Å². The molecule has 3 nitrogen and oxygen atoms in total. The second kappa shape index (κ2) is 13.9. The molecule has 0 bridgehead atoms. The molecule has 38 heavy (non-hydrogen) atoms. The van der Waals surface area contributed by atoms with E-state index in [-0.39, 0.29) is 29.9 Å². The van der Waals surface area contributed by atoms with E-state index in [4.69, 9.17) is 0 Å². The van der Waals surface area contributed by atoms with Gasteiger partial charge in [-0.3, -0.25) is 4.79 Å². The van der Waals surface area contributed by atoms with Crippen molar-refractivity contribution in [2.24, 2.45) is 46.3 Å². The van der Waals surface area contributed by atoms with Crippen molar-refractivity contribution in [3.8, 4) is 0 Å². The average Bonchev–Trinajstić information content (AvgIpc) is 3.22. The van der Waals surface area contributed by atoms with E-state index in [0.29, 0.717) is 16.7 Å². The van der Waals surface area contributed by atoms with Crippen LogP contribution in [-0.2, 0) is 4.79 Å². The van der Waals surface area contributed by atoms with Crippen LogP contribution < -0.4 is 29.3 Å². The van der Waals surface area contributed by atoms with Crippen molar-refractivity contribution >= 4 is 5.91 Å². The normalized spacial score (nSPS) is 37.4. The molecule has 8 atom stereocenters. The molecule has 1 unspecified atom stereocenters. The van der Waals surface area contributed by atoms with Gasteiger partial charge in [-0.15, -0.1) is 0 Å². The maximum atomic E-state index is 12.7. The summed E-state index contributed by atoms with van der Waals surface area (Å²) in [4.78, 5) is 12.7. The molecular formula is C34H63IN2O. The third kappa shape index (κ3) is 7.13. The molecule has 4 rings (SSSR count). The largest absolute Gasteiger partial charge is 1.00 e. The molecule has 4 heteroatoms. The molecule has 0 aromatic carbocycles. The van der Waals surface area contributed by atoms with Crippen LogP contribution >= 0.6 is 0 Å². The average molecular weight is 643 g/mol. The maximum Gasteiger partial charge on any atom is 0.220 e. The van der Waals surface area contributed by atoms with Crippen LogP contribution in [0.2, 0.25) is 0 Å². The predicted octanol–water partition coefficient (Wildman–Crippen LogP) is 5.23. The highest BCUT2D eigenvalue weighted by atomic mass is 127. The standard InChI is InChI=1S/C34H62N2O.HI/c1-7-8-11-24-36(5,6)25-12-23-35-32(37)19-14-26(2)29-17-18-30-28-16-15-27-13-9-10-21-33(27,3)31(28)20-22-34(29,30)4;/h26-31H,7-25H2,1-6H3;1H/t26-,27?,28+,29-,30+,31+,33+,34-;/m1./s1. The van der Waals surface area contributed by atoms with Gasteiger partial charge in [-0.05, 0) is 117 Å². The number of unbranched alkanes of at least 4 members (excludes halogenated alkanes) is 2. The molecule has 4 aliphatic carbocycles. The molecule has 4 saturated carbocycles. The van der Waals surface area contributed by atoms with Crippen molar-refractivity contribution in [1.82, 2.24) is 5.32 Å². The number of amides is 1. The lowest BCUT2D eigenvalue weighted by Gasteiger charge is -2.61. The first-order chi connectivity index (χ1) is 17.6. The number of fused-ring (bicyclic) bond motifs is 5. The summed E-state index contributed by atoms with van der Waals surface area (Å²) in [5, 5.41) is 3.25. The van der Waals surface area contributed by atoms with Crippen molar-refractivity contribution in [3.63, 3.8) is 0 Å². The zero-order valence-electron chi connectivity index (χ0n) is 26.1. The lowest BCUT2D eigenvalue weighted by Crippen LogP contribution is -3.00. The van der Waals surface area contributed by atoms with Crippen LogP contribution in [0.25, 0.3) is 0 Å². The minimum Gasteiger partial charge on any atom is -1.00 e. The van der Waals surface area contributed by atoms with Gasteiger partial charge in [0.15, 0.2) is 0 Å². The summed E-state index contributed by atoms with van der Waals surface area (Å²) < 4.78 is 1.08. The van der Waals surface area contributed by atoms with Crippen LogP contribution in [0, 0.1) is 46.3 Å². The number of nitrogens with one attached hydrogen (secondary N) is 1. The summed E-state index contributed by atoms with van der Waals surface area (Å²) in [6, 6.07) is 0. The molecule has 0 aromatic rings. The SMILES string of the molecule is CCCCC[N+](C)(C)CCCNC(=O)CC[C@@H](C)[C@H]1CC[C@H]2[C@@H]3CCC4CCCC[C@]4(C)[C@H]3CC[C@]12C.[I-]. The van der Waals surface area contributed by atoms with E-state index >= 15 is 0 Å². The van der Waals surface area contributed by atoms with Gasteiger partial charge >= 0.3 is 0 Å². The Balaban J connectivity index is 0.00000400. The Hall–Kier alpha value is 0.160. The van der Waals surface area contributed by atoms with Crippen LogP contribution in [0.3, 0.4) is 0 Å². The topological polar surface area (TPSA) is 29.1 Å². The lowest BCUT2D eigenvalue weighted by molar-refractivity contribution is -0.890. The van der Waals surface area contributed by atoms with Gasteiger partial charge in [0.25, 0.3) is 0 Å². The van der Waals surface area contributed by atoms with Gasteiger partial charge < -0.3 is 33.8 Å². The number of rotatable bonds is 12. The van der Waals surface area contributed by atoms with Gasteiger partial charge in [-0.25, -0.2) is 0 Å². The molecule has 1 amide bonds. The van der Waals surface area contributed by atoms with Crippen LogP contribution in [0.15, 0.2) is 0 Å². The van der Waals surface area contributed by atoms with Crippen LogP contribution in [0.4, 0.5) is 0 Å². The van der Waals surface area contributed by atoms with Gasteiger partial charge in [0.2, 0.25) is 5.91 Å². The van der Waals surface area contributed by atoms with Gasteiger partial charge in [-0.2, -0.15) is 0 Å². The van der Waals surface area contributed by atoms with Crippen LogP contribution in [0.5, 0.6) is 0 Å². The highest BCUT2D eigenvalue weighted by Crippen LogP contribution is 2.68. The second-order valence-corrected chi connectivity index (χ2v) is 15.4. The van der Waals surface area contributed by atoms with Crippen LogP contribution in [-0.4, -0.2) is 44.1 Å². The molecular weight excluding hydrogens is 579 g/mol. The van der Waals surface area contributed by atoms with Gasteiger partial charge in [0.05, 0.1) is 27.2 Å². The van der Waals surface area contributed by atoms with Gasteiger partial charge in [-0.1, -0.05) is 47.0 Å². The number of quaternary nitrogens is 1. The molecule has 0 heterocycles. The maximum absolute atomic E-state index is 12.7. The Kier molecular flexibility index (Phi) is 11.9. The molecule has 0 radical (unpaired) electrons. The minimum atomic E-state index is 0. The zero-order chi connectivity index (χ0) is 26.7. The van der Waals surface area contributed by atoms with Gasteiger partial charge in [0.1, 0.15) is 0 Å². The Morgan fingerprint density at radius 2 is 1.63 bits per heavy atom. The van der Waals surface area contributed by atoms with E-state index in [1.54, 1.807) is 0 Å². The number of carbonyl (C=O) groups is 1. The Bertz CT molecular complexity index is 755. The van der Waals surface area contributed by atoms with E-state index in [1.165, 1.54) is 90.0 Å². The van der Waals surface area contributed by atoms with E-state index in [2.05, 4.69) is 47.1 Å². The molecule has 4 fully saturated rings. The number of carbonyl (C=O) groups excluding carboxylic acids is 1. The third-order valence-electron chi connectivity index (χ3n) is 12.8. The van der Waals surface area contributed by atoms with Crippen molar-refractivity contribution in [1.29, 1.82) is 0 Å². The minimum absolute atomic E-state index is 0. The summed E-state index contributed by atoms with van der Waals surface area (Å²) >= 11 is 0. The molecule has 222 valence electrons. The van der Waals surface area contributed by atoms with E-state index in [0.717, 1.165) is 66.4 Å². The Morgan fingerprint density at radius 1 is 0.895 bits per heavy atom. The fourth-order valence-electron chi connectivity index (χ4n) is 10.6. The fourth-order valence-corrected chi connectivity index (χ4v) is 10.6. The Morgan fingerprint density at radius 3 is 2.39 bits per heavy atom. The number of hydrogen-bond donors (Lipinski definition) is 1. The summed E-state index contributed by atoms with van der Waals surface area (Å²) in [6.45, 7) is 13.4. The molecule has 0 spiro atoms. The summed E-state index contributed by atoms with van der Waals surface area (Å²) in [6.07, 6.45) is 21.7. The zero-order valence-corrected chi connectivity index (χ0v) is 28.3. The first-order valence-corrected chi connectivity index (χ1v) is 16.7. The monoisotopic (exact) mass is 642 g/mol. The summed E-state index contributed by atoms with van der Waals surface area (Å²) in [5.41, 5.74) is 1.17. The molecule has 1 N–H and O–H groups in total. The Labute approximate surface area is 254 Å². The number of nitrogens with zero attached hydrogens (tertiary/aromatic N) is 1. The summed E-state index contributed by atoms with van der Waals surface area (Å²) in [5.74, 6) is 5.74. The third-order valence-corrected chi connectivity index (χ3v) is 12.8. The molecule has 0 aromatic heterocycles. The molecule has 0 saturated heterocycles. The second-order valence-electron chi connectivity index (χ2n) is 15.4. The quantitative estimate of drug-likeness (QED) is 0.177. The van der Waals surface area contributed by atoms with Crippen molar-refractivity contribution < 1.29 is 33.3 Å². The fraction of sp³-hybridized carbons (Fsp3) is 0.971. The van der Waals surface area contributed by atoms with Gasteiger partial charge in [0, 0.05) is 19.4 Å². The van der Waals surface area contributed by atoms with Crippen molar-refractivity contribution in [2.75, 3.05) is 33.7 Å². The van der Waals surface area contributed by atoms with Crippen LogP contribution in [0.1, 0.15) is 130 Å². The summed E-state index contributed by atoms with van der Waals surface area (Å²) in [7, 11) is 4.67. The smallest absolute Gasteiger partial charge is 0.220 e. The first kappa shape index (κ1) is 32.7. The predicted molar refractivity (Wildman–Crippen MR) is 157 cm³/mol. The number of halogens is 1. The van der Waals surface area contributed by atoms with Crippen molar-refractivity contribution in [3.05, 3.63) is 0 Å². The van der Waals surface area contributed by atoms with Crippen molar-refractivity contribution in [2.45, 2.75) is 130 Å². The lowest BCUT2D eigenvalue weighted by atomic mass is 9.44. The van der Waals surface area contributed by atoms with E-state index in [1.807, 2.05) is 0 Å². The first-order valence-electron chi connectivity index (χ1n) is 16.7.